The molecule has 8 nitrogen and oxygen atoms in total. The maximum absolute atomic E-state index is 14.0. The first-order valence-corrected chi connectivity index (χ1v) is 9.87. The lowest BCUT2D eigenvalue weighted by Crippen LogP contribution is -2.26. The van der Waals surface area contributed by atoms with Crippen LogP contribution in [0.25, 0.3) is 16.5 Å². The zero-order valence-electron chi connectivity index (χ0n) is 16.8. The summed E-state index contributed by atoms with van der Waals surface area (Å²) >= 11 is 6.31. The summed E-state index contributed by atoms with van der Waals surface area (Å²) in [5, 5.41) is 13.7. The lowest BCUT2D eigenvalue weighted by Gasteiger charge is -2.22. The van der Waals surface area contributed by atoms with Gasteiger partial charge >= 0.3 is 0 Å². The van der Waals surface area contributed by atoms with Crippen LogP contribution in [0, 0.1) is 17.1 Å². The van der Waals surface area contributed by atoms with Gasteiger partial charge in [-0.1, -0.05) is 29.8 Å². The van der Waals surface area contributed by atoms with Crippen LogP contribution >= 0.6 is 11.6 Å². The summed E-state index contributed by atoms with van der Waals surface area (Å²) in [7, 11) is 0. The summed E-state index contributed by atoms with van der Waals surface area (Å²) < 4.78 is 15.4. The number of hydrogen-bond donors (Lipinski definition) is 3. The van der Waals surface area contributed by atoms with Crippen molar-refractivity contribution in [1.29, 1.82) is 5.26 Å². The second-order valence-corrected chi connectivity index (χ2v) is 7.47. The van der Waals surface area contributed by atoms with E-state index < -0.39 is 17.4 Å². The molecule has 4 rings (SSSR count). The minimum Gasteiger partial charge on any atom is -0.382 e. The molecule has 0 radical (unpaired) electrons. The van der Waals surface area contributed by atoms with Crippen molar-refractivity contribution in [2.24, 2.45) is 0 Å². The number of nitrogens with two attached hydrogens (primary N) is 2. The van der Waals surface area contributed by atoms with E-state index in [0.717, 1.165) is 0 Å². The highest BCUT2D eigenvalue weighted by Crippen LogP contribution is 2.28. The number of anilines is 3. The molecule has 1 unspecified atom stereocenters. The van der Waals surface area contributed by atoms with E-state index >= 15 is 0 Å². The van der Waals surface area contributed by atoms with Gasteiger partial charge in [0.15, 0.2) is 5.82 Å². The number of pyridine rings is 1. The molecule has 10 heteroatoms. The van der Waals surface area contributed by atoms with Crippen molar-refractivity contribution in [3.63, 3.8) is 0 Å². The summed E-state index contributed by atoms with van der Waals surface area (Å²) in [4.78, 5) is 21.3. The normalized spacial score (nSPS) is 11.8. The Bertz CT molecular complexity index is 1460. The minimum absolute atomic E-state index is 0.0227. The molecule has 0 saturated carbocycles. The van der Waals surface area contributed by atoms with Gasteiger partial charge in [0.05, 0.1) is 22.1 Å². The van der Waals surface area contributed by atoms with Crippen molar-refractivity contribution < 1.29 is 4.39 Å². The fourth-order valence-electron chi connectivity index (χ4n) is 3.53. The third-order valence-electron chi connectivity index (χ3n) is 4.95. The van der Waals surface area contributed by atoms with E-state index in [0.29, 0.717) is 22.2 Å². The summed E-state index contributed by atoms with van der Waals surface area (Å²) in [6, 6.07) is 13.9. The van der Waals surface area contributed by atoms with Crippen LogP contribution in [-0.4, -0.2) is 14.5 Å². The fraction of sp³-hybridized carbons (Fsp3) is 0.0909. The Hall–Kier alpha value is -4.16. The number of fused-ring (bicyclic) bond motifs is 1. The summed E-state index contributed by atoms with van der Waals surface area (Å²) in [5.74, 6) is -0.552. The Morgan fingerprint density at radius 1 is 1.19 bits per heavy atom. The number of nitrogens with one attached hydrogen (secondary N) is 1. The fourth-order valence-corrected chi connectivity index (χ4v) is 3.79. The van der Waals surface area contributed by atoms with Gasteiger partial charge < -0.3 is 16.8 Å². The first kappa shape index (κ1) is 21.1. The molecule has 0 fully saturated rings. The number of aromatic nitrogens is 3. The monoisotopic (exact) mass is 449 g/mol. The molecule has 0 aliphatic heterocycles. The summed E-state index contributed by atoms with van der Waals surface area (Å²) in [6.07, 6.45) is 0. The molecular weight excluding hydrogens is 433 g/mol. The van der Waals surface area contributed by atoms with E-state index in [1.54, 1.807) is 37.3 Å². The van der Waals surface area contributed by atoms with Gasteiger partial charge in [0.1, 0.15) is 23.3 Å². The van der Waals surface area contributed by atoms with Crippen molar-refractivity contribution in [1.82, 2.24) is 14.5 Å². The standard InChI is InChI=1S/C22H17ClFN7O/c1-11(28-20-15(10-25)19(26)29-22(27)30-20)17-8-12-4-2-7-16(23)18(12)21(32)31(17)14-6-3-5-13(24)9-14/h2-9,11H,1H3,(H5,26,27,28,29,30). The molecule has 0 saturated heterocycles. The molecule has 0 amide bonds. The molecule has 4 aromatic rings. The smallest absolute Gasteiger partial charge is 0.264 e. The van der Waals surface area contributed by atoms with Gasteiger partial charge in [-0.15, -0.1) is 0 Å². The van der Waals surface area contributed by atoms with Crippen LogP contribution in [0.2, 0.25) is 5.02 Å². The molecule has 160 valence electrons. The number of nitriles is 1. The van der Waals surface area contributed by atoms with Crippen LogP contribution in [0.15, 0.2) is 53.3 Å². The number of benzene rings is 2. The summed E-state index contributed by atoms with van der Waals surface area (Å²) in [6.45, 7) is 1.76. The first-order chi connectivity index (χ1) is 15.3. The van der Waals surface area contributed by atoms with E-state index in [4.69, 9.17) is 23.1 Å². The Morgan fingerprint density at radius 3 is 2.66 bits per heavy atom. The van der Waals surface area contributed by atoms with E-state index in [2.05, 4.69) is 15.3 Å². The maximum atomic E-state index is 14.0. The number of hydrogen-bond acceptors (Lipinski definition) is 7. The van der Waals surface area contributed by atoms with Crippen molar-refractivity contribution >= 4 is 40.0 Å². The molecule has 2 aromatic carbocycles. The zero-order chi connectivity index (χ0) is 23.0. The van der Waals surface area contributed by atoms with Crippen LogP contribution in [0.1, 0.15) is 24.2 Å². The predicted molar refractivity (Wildman–Crippen MR) is 122 cm³/mol. The number of nitrogen functional groups attached to an aromatic ring is 2. The van der Waals surface area contributed by atoms with Gasteiger partial charge in [0.25, 0.3) is 5.56 Å². The van der Waals surface area contributed by atoms with Gasteiger partial charge in [0, 0.05) is 5.69 Å². The third kappa shape index (κ3) is 3.68. The van der Waals surface area contributed by atoms with E-state index in [-0.39, 0.29) is 28.2 Å². The van der Waals surface area contributed by atoms with Gasteiger partial charge in [-0.05, 0) is 42.6 Å². The van der Waals surface area contributed by atoms with Crippen LogP contribution in [0.4, 0.5) is 22.0 Å². The second kappa shape index (κ2) is 8.17. The lowest BCUT2D eigenvalue weighted by molar-refractivity contribution is 0.625. The van der Waals surface area contributed by atoms with Crippen LogP contribution < -0.4 is 22.3 Å². The molecule has 32 heavy (non-hydrogen) atoms. The average molecular weight is 450 g/mol. The predicted octanol–water partition coefficient (Wildman–Crippen LogP) is 3.78. The van der Waals surface area contributed by atoms with E-state index in [1.165, 1.54) is 22.8 Å². The Balaban J connectivity index is 1.95. The molecule has 2 heterocycles. The summed E-state index contributed by atoms with van der Waals surface area (Å²) in [5.41, 5.74) is 11.9. The van der Waals surface area contributed by atoms with Gasteiger partial charge in [-0.25, -0.2) is 4.39 Å². The first-order valence-electron chi connectivity index (χ1n) is 9.50. The molecule has 0 aliphatic carbocycles. The SMILES string of the molecule is CC(Nc1nc(N)nc(N)c1C#N)c1cc2cccc(Cl)c2c(=O)n1-c1cccc(F)c1. The third-order valence-corrected chi connectivity index (χ3v) is 5.27. The van der Waals surface area contributed by atoms with Gasteiger partial charge in [0.2, 0.25) is 5.95 Å². The Morgan fingerprint density at radius 2 is 1.94 bits per heavy atom. The maximum Gasteiger partial charge on any atom is 0.264 e. The highest BCUT2D eigenvalue weighted by molar-refractivity contribution is 6.35. The topological polar surface area (TPSA) is 136 Å². The zero-order valence-corrected chi connectivity index (χ0v) is 17.6. The Labute approximate surface area is 186 Å². The second-order valence-electron chi connectivity index (χ2n) is 7.06. The van der Waals surface area contributed by atoms with Crippen molar-refractivity contribution in [2.45, 2.75) is 13.0 Å². The Kier molecular flexibility index (Phi) is 5.38. The molecule has 1 atom stereocenters. The number of rotatable bonds is 4. The van der Waals surface area contributed by atoms with Crippen molar-refractivity contribution in [2.75, 3.05) is 16.8 Å². The largest absolute Gasteiger partial charge is 0.382 e. The number of nitrogens with zero attached hydrogens (tertiary/aromatic N) is 4. The molecule has 5 N–H and O–H groups in total. The minimum atomic E-state index is -0.574. The molecular formula is C22H17ClFN7O. The molecule has 0 bridgehead atoms. The van der Waals surface area contributed by atoms with Gasteiger partial charge in [-0.2, -0.15) is 15.2 Å². The highest BCUT2D eigenvalue weighted by atomic mass is 35.5. The average Bonchev–Trinajstić information content (AvgIpc) is 2.73. The molecule has 2 aromatic heterocycles. The quantitative estimate of drug-likeness (QED) is 0.431. The number of halogens is 2. The van der Waals surface area contributed by atoms with Crippen molar-refractivity contribution in [3.05, 3.63) is 81.0 Å². The molecule has 0 spiro atoms. The van der Waals surface area contributed by atoms with Crippen LogP contribution in [0.5, 0.6) is 0 Å². The molecule has 0 aliphatic rings. The van der Waals surface area contributed by atoms with Crippen LogP contribution in [-0.2, 0) is 0 Å². The van der Waals surface area contributed by atoms with Crippen molar-refractivity contribution in [3.8, 4) is 11.8 Å². The van der Waals surface area contributed by atoms with Gasteiger partial charge in [-0.3, -0.25) is 9.36 Å². The lowest BCUT2D eigenvalue weighted by atomic mass is 10.1. The highest BCUT2D eigenvalue weighted by Gasteiger charge is 2.20. The van der Waals surface area contributed by atoms with E-state index in [9.17, 15) is 14.4 Å². The van der Waals surface area contributed by atoms with E-state index in [1.807, 2.05) is 6.07 Å². The van der Waals surface area contributed by atoms with Crippen LogP contribution in [0.3, 0.4) is 0 Å².